The first-order valence-corrected chi connectivity index (χ1v) is 6.34. The number of hydrogen-bond donors (Lipinski definition) is 1. The Balaban J connectivity index is 1.72. The van der Waals surface area contributed by atoms with Crippen LogP contribution in [0.1, 0.15) is 17.2 Å². The molecule has 1 aliphatic heterocycles. The fraction of sp³-hybridized carbons (Fsp3) is 0.188. The Morgan fingerprint density at radius 3 is 2.32 bits per heavy atom. The summed E-state index contributed by atoms with van der Waals surface area (Å²) >= 11 is 0. The van der Waals surface area contributed by atoms with Gasteiger partial charge in [-0.25, -0.2) is 4.99 Å². The average molecular weight is 253 g/mol. The van der Waals surface area contributed by atoms with E-state index in [-0.39, 0.29) is 6.10 Å². The Morgan fingerprint density at radius 1 is 1.00 bits per heavy atom. The summed E-state index contributed by atoms with van der Waals surface area (Å²) in [6, 6.07) is 19.3. The third-order valence-corrected chi connectivity index (χ3v) is 3.19. The van der Waals surface area contributed by atoms with Crippen LogP contribution in [-0.4, -0.2) is 23.7 Å². The normalized spacial score (nSPS) is 19.6. The van der Waals surface area contributed by atoms with Crippen LogP contribution in [0.25, 0.3) is 0 Å². The summed E-state index contributed by atoms with van der Waals surface area (Å²) < 4.78 is 5.76. The van der Waals surface area contributed by atoms with E-state index in [2.05, 4.69) is 4.99 Å². The number of aliphatic imine (C=N–C) groups is 1. The third kappa shape index (κ3) is 2.51. The van der Waals surface area contributed by atoms with Gasteiger partial charge in [-0.3, -0.25) is 0 Å². The van der Waals surface area contributed by atoms with Crippen LogP contribution in [-0.2, 0) is 4.74 Å². The third-order valence-electron chi connectivity index (χ3n) is 3.19. The molecule has 19 heavy (non-hydrogen) atoms. The molecule has 0 fully saturated rings. The lowest BCUT2D eigenvalue weighted by Crippen LogP contribution is -2.22. The molecule has 2 aromatic carbocycles. The minimum Gasteiger partial charge on any atom is -0.469 e. The second-order valence-corrected chi connectivity index (χ2v) is 4.52. The molecule has 1 heterocycles. The smallest absolute Gasteiger partial charge is 0.216 e. The zero-order valence-electron chi connectivity index (χ0n) is 10.4. The molecule has 1 N–H and O–H groups in total. The topological polar surface area (TPSA) is 41.8 Å². The second-order valence-electron chi connectivity index (χ2n) is 4.52. The predicted molar refractivity (Wildman–Crippen MR) is 74.1 cm³/mol. The lowest BCUT2D eigenvalue weighted by molar-refractivity contribution is 0.0460. The van der Waals surface area contributed by atoms with Crippen LogP contribution >= 0.6 is 0 Å². The molecule has 3 nitrogen and oxygen atoms in total. The average Bonchev–Trinajstić information content (AvgIpc) is 2.98. The van der Waals surface area contributed by atoms with Crippen molar-refractivity contribution in [3.63, 3.8) is 0 Å². The van der Waals surface area contributed by atoms with Crippen LogP contribution in [0, 0.1) is 0 Å². The molecule has 0 unspecified atom stereocenters. The number of nitrogens with zero attached hydrogens (tertiary/aromatic N) is 1. The van der Waals surface area contributed by atoms with Gasteiger partial charge >= 0.3 is 0 Å². The summed E-state index contributed by atoms with van der Waals surface area (Å²) in [7, 11) is 0. The van der Waals surface area contributed by atoms with Crippen LogP contribution in [0.3, 0.4) is 0 Å². The molecule has 0 spiro atoms. The van der Waals surface area contributed by atoms with Crippen LogP contribution in [0.15, 0.2) is 65.7 Å². The van der Waals surface area contributed by atoms with Crippen LogP contribution in [0.2, 0.25) is 0 Å². The van der Waals surface area contributed by atoms with Crippen molar-refractivity contribution < 1.29 is 9.84 Å². The maximum atomic E-state index is 10.3. The van der Waals surface area contributed by atoms with Crippen molar-refractivity contribution in [1.29, 1.82) is 0 Å². The highest BCUT2D eigenvalue weighted by Crippen LogP contribution is 2.24. The SMILES string of the molecule is O[C@H](c1ccccc1)[C@H]1CN=C(c2ccccc2)O1. The molecule has 0 radical (unpaired) electrons. The number of aliphatic hydroxyl groups is 1. The molecule has 0 saturated heterocycles. The summed E-state index contributed by atoms with van der Waals surface area (Å²) in [5.41, 5.74) is 1.81. The number of benzene rings is 2. The van der Waals surface area contributed by atoms with Gasteiger partial charge in [0.05, 0.1) is 6.54 Å². The van der Waals surface area contributed by atoms with Gasteiger partial charge in [-0.1, -0.05) is 48.5 Å². The Hall–Kier alpha value is -2.13. The minimum absolute atomic E-state index is 0.308. The summed E-state index contributed by atoms with van der Waals surface area (Å²) in [5, 5.41) is 10.3. The van der Waals surface area contributed by atoms with Gasteiger partial charge in [-0.05, 0) is 17.7 Å². The molecule has 0 amide bonds. The van der Waals surface area contributed by atoms with Crippen molar-refractivity contribution in [3.8, 4) is 0 Å². The number of aliphatic hydroxyl groups excluding tert-OH is 1. The molecule has 1 aliphatic rings. The van der Waals surface area contributed by atoms with Crippen LogP contribution in [0.5, 0.6) is 0 Å². The standard InChI is InChI=1S/C16H15NO2/c18-15(12-7-3-1-4-8-12)14-11-17-16(19-14)13-9-5-2-6-10-13/h1-10,14-15,18H,11H2/t14-,15-/m1/s1. The van der Waals surface area contributed by atoms with Gasteiger partial charge < -0.3 is 9.84 Å². The molecular weight excluding hydrogens is 238 g/mol. The summed E-state index contributed by atoms with van der Waals surface area (Å²) in [5.74, 6) is 0.612. The van der Waals surface area contributed by atoms with E-state index in [9.17, 15) is 5.11 Å². The van der Waals surface area contributed by atoms with E-state index in [4.69, 9.17) is 4.74 Å². The van der Waals surface area contributed by atoms with E-state index >= 15 is 0 Å². The molecular formula is C16H15NO2. The van der Waals surface area contributed by atoms with Gasteiger partial charge in [0.1, 0.15) is 12.2 Å². The van der Waals surface area contributed by atoms with Gasteiger partial charge in [0, 0.05) is 5.56 Å². The van der Waals surface area contributed by atoms with Crippen molar-refractivity contribution in [2.75, 3.05) is 6.54 Å². The van der Waals surface area contributed by atoms with Crippen LogP contribution in [0.4, 0.5) is 0 Å². The number of rotatable bonds is 3. The summed E-state index contributed by atoms with van der Waals surface area (Å²) in [6.07, 6.45) is -0.955. The number of ether oxygens (including phenoxy) is 1. The van der Waals surface area contributed by atoms with Crippen molar-refractivity contribution in [2.24, 2.45) is 4.99 Å². The maximum absolute atomic E-state index is 10.3. The lowest BCUT2D eigenvalue weighted by Gasteiger charge is -2.18. The first kappa shape index (κ1) is 11.9. The van der Waals surface area contributed by atoms with E-state index < -0.39 is 6.10 Å². The van der Waals surface area contributed by atoms with E-state index in [1.54, 1.807) is 0 Å². The van der Waals surface area contributed by atoms with Crippen molar-refractivity contribution in [2.45, 2.75) is 12.2 Å². The minimum atomic E-state index is -0.647. The molecule has 0 bridgehead atoms. The summed E-state index contributed by atoms with van der Waals surface area (Å²) in [4.78, 5) is 4.37. The monoisotopic (exact) mass is 253 g/mol. The van der Waals surface area contributed by atoms with Gasteiger partial charge in [-0.15, -0.1) is 0 Å². The fourth-order valence-electron chi connectivity index (χ4n) is 2.16. The van der Waals surface area contributed by atoms with Crippen molar-refractivity contribution in [3.05, 3.63) is 71.8 Å². The molecule has 0 aliphatic carbocycles. The molecule has 3 rings (SSSR count). The summed E-state index contributed by atoms with van der Waals surface area (Å²) in [6.45, 7) is 0.486. The molecule has 96 valence electrons. The highest BCUT2D eigenvalue weighted by Gasteiger charge is 2.28. The van der Waals surface area contributed by atoms with Crippen molar-refractivity contribution in [1.82, 2.24) is 0 Å². The highest BCUT2D eigenvalue weighted by atomic mass is 16.5. The van der Waals surface area contributed by atoms with E-state index in [0.717, 1.165) is 11.1 Å². The highest BCUT2D eigenvalue weighted by molar-refractivity contribution is 5.95. The Kier molecular flexibility index (Phi) is 3.29. The molecule has 2 aromatic rings. The van der Waals surface area contributed by atoms with Gasteiger partial charge in [0.15, 0.2) is 0 Å². The van der Waals surface area contributed by atoms with Crippen molar-refractivity contribution >= 4 is 5.90 Å². The van der Waals surface area contributed by atoms with Gasteiger partial charge in [-0.2, -0.15) is 0 Å². The Labute approximate surface area is 112 Å². The molecule has 0 aromatic heterocycles. The Bertz CT molecular complexity index is 566. The second kappa shape index (κ2) is 5.24. The Morgan fingerprint density at radius 2 is 1.63 bits per heavy atom. The first-order chi connectivity index (χ1) is 9.34. The van der Waals surface area contributed by atoms with E-state index in [1.807, 2.05) is 60.7 Å². The largest absolute Gasteiger partial charge is 0.469 e. The van der Waals surface area contributed by atoms with E-state index in [0.29, 0.717) is 12.4 Å². The maximum Gasteiger partial charge on any atom is 0.216 e. The van der Waals surface area contributed by atoms with Gasteiger partial charge in [0.25, 0.3) is 0 Å². The van der Waals surface area contributed by atoms with Crippen LogP contribution < -0.4 is 0 Å². The quantitative estimate of drug-likeness (QED) is 0.913. The first-order valence-electron chi connectivity index (χ1n) is 6.34. The zero-order chi connectivity index (χ0) is 13.1. The molecule has 0 saturated carbocycles. The lowest BCUT2D eigenvalue weighted by atomic mass is 10.0. The number of hydrogen-bond acceptors (Lipinski definition) is 3. The zero-order valence-corrected chi connectivity index (χ0v) is 10.4. The molecule has 3 heteroatoms. The predicted octanol–water partition coefficient (Wildman–Crippen LogP) is 2.57. The fourth-order valence-corrected chi connectivity index (χ4v) is 2.16. The molecule has 2 atom stereocenters. The van der Waals surface area contributed by atoms with Gasteiger partial charge in [0.2, 0.25) is 5.90 Å². The van der Waals surface area contributed by atoms with E-state index in [1.165, 1.54) is 0 Å².